The molecule has 0 unspecified atom stereocenters. The van der Waals surface area contributed by atoms with E-state index in [0.29, 0.717) is 30.0 Å². The molecule has 5 heteroatoms. The van der Waals surface area contributed by atoms with Gasteiger partial charge in [0.25, 0.3) is 0 Å². The number of Topliss-reactive ketones (excluding diaryl/α,β-unsaturated/α-hetero) is 1. The Balaban J connectivity index is 1.53. The third-order valence-corrected chi connectivity index (χ3v) is 9.97. The summed E-state index contributed by atoms with van der Waals surface area (Å²) in [6, 6.07) is 0. The highest BCUT2D eigenvalue weighted by Crippen LogP contribution is 2.64. The maximum absolute atomic E-state index is 13.3. The Kier molecular flexibility index (Phi) is 7.13. The zero-order valence-corrected chi connectivity index (χ0v) is 21.6. The zero-order chi connectivity index (χ0) is 24.0. The van der Waals surface area contributed by atoms with Crippen molar-refractivity contribution >= 4 is 11.8 Å². The molecule has 0 N–H and O–H groups in total. The number of esters is 1. The SMILES string of the molecule is COCO[C@H]1CC[C@@]2(C)[C@H](C1)C(=O)OC1=C3CC[C@H]([C@H](C)CCC(=O)C(C)C)[C@@]3(C)CC[C@@H]12. The highest BCUT2D eigenvalue weighted by Gasteiger charge is 2.59. The maximum atomic E-state index is 13.3. The molecule has 0 aromatic rings. The number of ether oxygens (including phenoxy) is 3. The molecule has 3 fully saturated rings. The van der Waals surface area contributed by atoms with Gasteiger partial charge in [-0.15, -0.1) is 0 Å². The lowest BCUT2D eigenvalue weighted by Gasteiger charge is -2.54. The van der Waals surface area contributed by atoms with Gasteiger partial charge >= 0.3 is 5.97 Å². The predicted octanol–water partition coefficient (Wildman–Crippen LogP) is 6.06. The first-order valence-electron chi connectivity index (χ1n) is 13.2. The van der Waals surface area contributed by atoms with Gasteiger partial charge < -0.3 is 14.2 Å². The van der Waals surface area contributed by atoms with Crippen LogP contribution in [0.1, 0.15) is 92.4 Å². The number of rotatable bonds is 8. The van der Waals surface area contributed by atoms with Crippen LogP contribution in [0.4, 0.5) is 0 Å². The number of methoxy groups -OCH3 is 1. The normalized spacial score (nSPS) is 39.1. The summed E-state index contributed by atoms with van der Waals surface area (Å²) in [5, 5.41) is 0. The molecule has 1 heterocycles. The Morgan fingerprint density at radius 2 is 1.88 bits per heavy atom. The molecule has 0 aromatic carbocycles. The first-order valence-corrected chi connectivity index (χ1v) is 13.2. The lowest BCUT2D eigenvalue weighted by atomic mass is 9.53. The molecule has 1 saturated heterocycles. The summed E-state index contributed by atoms with van der Waals surface area (Å²) in [4.78, 5) is 25.5. The predicted molar refractivity (Wildman–Crippen MR) is 127 cm³/mol. The molecule has 0 bridgehead atoms. The molecule has 5 nitrogen and oxygen atoms in total. The molecule has 1 aliphatic heterocycles. The summed E-state index contributed by atoms with van der Waals surface area (Å²) in [6.07, 6.45) is 8.85. The topological polar surface area (TPSA) is 61.8 Å². The summed E-state index contributed by atoms with van der Waals surface area (Å²) in [5.74, 6) is 2.77. The zero-order valence-electron chi connectivity index (χ0n) is 21.6. The molecule has 33 heavy (non-hydrogen) atoms. The van der Waals surface area contributed by atoms with E-state index in [9.17, 15) is 9.59 Å². The van der Waals surface area contributed by atoms with E-state index in [-0.39, 0.29) is 41.5 Å². The smallest absolute Gasteiger partial charge is 0.314 e. The number of fused-ring (bicyclic) bond motifs is 4. The Morgan fingerprint density at radius 3 is 2.58 bits per heavy atom. The Morgan fingerprint density at radius 1 is 1.12 bits per heavy atom. The average molecular weight is 461 g/mol. The van der Waals surface area contributed by atoms with Crippen molar-refractivity contribution in [2.45, 2.75) is 98.5 Å². The lowest BCUT2D eigenvalue weighted by molar-refractivity contribution is -0.177. The summed E-state index contributed by atoms with van der Waals surface area (Å²) >= 11 is 0. The van der Waals surface area contributed by atoms with Crippen LogP contribution in [0.5, 0.6) is 0 Å². The first kappa shape index (κ1) is 24.9. The van der Waals surface area contributed by atoms with Gasteiger partial charge in [-0.2, -0.15) is 0 Å². The van der Waals surface area contributed by atoms with Gasteiger partial charge in [-0.3, -0.25) is 9.59 Å². The molecule has 0 aromatic heterocycles. The molecule has 2 saturated carbocycles. The van der Waals surface area contributed by atoms with E-state index in [1.54, 1.807) is 7.11 Å². The van der Waals surface area contributed by atoms with Crippen LogP contribution in [0.3, 0.4) is 0 Å². The number of hydrogen-bond acceptors (Lipinski definition) is 5. The molecular formula is C28H44O5. The maximum Gasteiger partial charge on any atom is 0.314 e. The fraction of sp³-hybridized carbons (Fsp3) is 0.857. The Hall–Kier alpha value is -1.20. The molecule has 0 amide bonds. The van der Waals surface area contributed by atoms with E-state index in [1.807, 2.05) is 13.8 Å². The van der Waals surface area contributed by atoms with Gasteiger partial charge in [-0.25, -0.2) is 0 Å². The molecule has 0 spiro atoms. The van der Waals surface area contributed by atoms with E-state index in [2.05, 4.69) is 20.8 Å². The average Bonchev–Trinajstić information content (AvgIpc) is 3.13. The van der Waals surface area contributed by atoms with Crippen molar-refractivity contribution in [3.63, 3.8) is 0 Å². The van der Waals surface area contributed by atoms with Gasteiger partial charge in [0.05, 0.1) is 12.0 Å². The highest BCUT2D eigenvalue weighted by molar-refractivity contribution is 5.80. The third-order valence-electron chi connectivity index (χ3n) is 9.97. The van der Waals surface area contributed by atoms with Gasteiger partial charge in [0.15, 0.2) is 0 Å². The standard InChI is InChI=1S/C28H44O5/c1-17(2)24(29)10-7-18(3)20-8-9-21-25-22(12-14-27(20,21)4)28(5)13-11-19(32-16-31-6)15-23(28)26(30)33-25/h17-20,22-23H,7-16H2,1-6H3/t18-,19+,20-,22+,23-,27-,28-/m1/s1. The van der Waals surface area contributed by atoms with Crippen LogP contribution in [-0.4, -0.2) is 31.8 Å². The van der Waals surface area contributed by atoms with Crippen molar-refractivity contribution in [1.29, 1.82) is 0 Å². The molecule has 4 aliphatic rings. The largest absolute Gasteiger partial charge is 0.431 e. The van der Waals surface area contributed by atoms with Crippen LogP contribution in [0.2, 0.25) is 0 Å². The number of hydrogen-bond donors (Lipinski definition) is 0. The minimum Gasteiger partial charge on any atom is -0.431 e. The van der Waals surface area contributed by atoms with Crippen LogP contribution in [0.25, 0.3) is 0 Å². The van der Waals surface area contributed by atoms with Gasteiger partial charge in [-0.1, -0.05) is 34.6 Å². The van der Waals surface area contributed by atoms with E-state index in [1.165, 1.54) is 5.57 Å². The Labute approximate surface area is 200 Å². The second kappa shape index (κ2) is 9.45. The van der Waals surface area contributed by atoms with Crippen molar-refractivity contribution in [2.75, 3.05) is 13.9 Å². The van der Waals surface area contributed by atoms with Crippen LogP contribution < -0.4 is 0 Å². The van der Waals surface area contributed by atoms with Gasteiger partial charge in [0.1, 0.15) is 18.3 Å². The molecule has 4 rings (SSSR count). The number of allylic oxidation sites excluding steroid dienone is 2. The van der Waals surface area contributed by atoms with Crippen LogP contribution in [0.15, 0.2) is 11.3 Å². The summed E-state index contributed by atoms with van der Waals surface area (Å²) in [6.45, 7) is 11.3. The molecule has 7 atom stereocenters. The minimum absolute atomic E-state index is 0.0423. The lowest BCUT2D eigenvalue weighted by Crippen LogP contribution is -2.53. The first-order chi connectivity index (χ1) is 15.6. The van der Waals surface area contributed by atoms with E-state index < -0.39 is 0 Å². The molecular weight excluding hydrogens is 416 g/mol. The fourth-order valence-corrected chi connectivity index (χ4v) is 7.76. The van der Waals surface area contributed by atoms with E-state index in [0.717, 1.165) is 57.1 Å². The molecule has 186 valence electrons. The third kappa shape index (κ3) is 4.33. The summed E-state index contributed by atoms with van der Waals surface area (Å²) < 4.78 is 17.1. The molecule has 3 aliphatic carbocycles. The van der Waals surface area contributed by atoms with Crippen molar-refractivity contribution in [3.8, 4) is 0 Å². The summed E-state index contributed by atoms with van der Waals surface area (Å²) in [5.41, 5.74) is 1.46. The van der Waals surface area contributed by atoms with Crippen molar-refractivity contribution in [1.82, 2.24) is 0 Å². The fourth-order valence-electron chi connectivity index (χ4n) is 7.76. The van der Waals surface area contributed by atoms with Gasteiger partial charge in [0.2, 0.25) is 0 Å². The highest BCUT2D eigenvalue weighted by atomic mass is 16.7. The second-order valence-corrected chi connectivity index (χ2v) is 12.1. The number of carbonyl (C=O) groups excluding carboxylic acids is 2. The van der Waals surface area contributed by atoms with Gasteiger partial charge in [0, 0.05) is 25.4 Å². The molecule has 0 radical (unpaired) electrons. The van der Waals surface area contributed by atoms with Crippen molar-refractivity contribution in [3.05, 3.63) is 11.3 Å². The van der Waals surface area contributed by atoms with Gasteiger partial charge in [-0.05, 0) is 79.6 Å². The number of ketones is 1. The van der Waals surface area contributed by atoms with Crippen LogP contribution in [0, 0.1) is 40.4 Å². The number of carbonyl (C=O) groups is 2. The monoisotopic (exact) mass is 460 g/mol. The van der Waals surface area contributed by atoms with E-state index in [4.69, 9.17) is 14.2 Å². The van der Waals surface area contributed by atoms with Crippen molar-refractivity contribution in [2.24, 2.45) is 40.4 Å². The Bertz CT molecular complexity index is 800. The second-order valence-electron chi connectivity index (χ2n) is 12.1. The van der Waals surface area contributed by atoms with Crippen LogP contribution in [-0.2, 0) is 23.8 Å². The van der Waals surface area contributed by atoms with E-state index >= 15 is 0 Å². The van der Waals surface area contributed by atoms with Crippen molar-refractivity contribution < 1.29 is 23.8 Å². The minimum atomic E-state index is -0.0926. The summed E-state index contributed by atoms with van der Waals surface area (Å²) in [7, 11) is 1.64. The van der Waals surface area contributed by atoms with Crippen LogP contribution >= 0.6 is 0 Å². The quantitative estimate of drug-likeness (QED) is 0.325.